The molecule has 1 nitrogen and oxygen atoms in total. The maximum Gasteiger partial charge on any atom is 0.160 e. The van der Waals surface area contributed by atoms with E-state index in [0.29, 0.717) is 0 Å². The molecule has 0 N–H and O–H groups in total. The summed E-state index contributed by atoms with van der Waals surface area (Å²) in [4.78, 5) is 13.0. The Morgan fingerprint density at radius 3 is 2.11 bits per heavy atom. The van der Waals surface area contributed by atoms with Gasteiger partial charge in [-0.05, 0) is 44.9 Å². The average Bonchev–Trinajstić information content (AvgIpc) is 2.48. The number of hydrogen-bond acceptors (Lipinski definition) is 2. The molecule has 0 saturated heterocycles. The van der Waals surface area contributed by atoms with Crippen LogP contribution in [0.5, 0.6) is 0 Å². The molecule has 1 heterocycles. The molecule has 0 aliphatic carbocycles. The van der Waals surface area contributed by atoms with Gasteiger partial charge in [-0.25, -0.2) is 0 Å². The van der Waals surface area contributed by atoms with Gasteiger partial charge >= 0.3 is 0 Å². The van der Waals surface area contributed by atoms with Gasteiger partial charge in [0, 0.05) is 20.6 Å². The number of thioether (sulfide) groups is 1. The highest BCUT2D eigenvalue weighted by molar-refractivity contribution is 8.01. The second kappa shape index (κ2) is 5.32. The molecular formula is C17H26OS. The first-order chi connectivity index (χ1) is 8.68. The van der Waals surface area contributed by atoms with Gasteiger partial charge in [0.2, 0.25) is 0 Å². The minimum atomic E-state index is 0.0997. The van der Waals surface area contributed by atoms with Gasteiger partial charge in [0.1, 0.15) is 0 Å². The molecule has 0 bridgehead atoms. The van der Waals surface area contributed by atoms with Gasteiger partial charge in [0.15, 0.2) is 5.78 Å². The lowest BCUT2D eigenvalue weighted by atomic mass is 9.72. The Kier molecular flexibility index (Phi) is 4.56. The van der Waals surface area contributed by atoms with Crippen LogP contribution in [0.25, 0.3) is 0 Å². The van der Waals surface area contributed by atoms with Crippen molar-refractivity contribution in [3.05, 3.63) is 28.8 Å². The summed E-state index contributed by atoms with van der Waals surface area (Å²) in [6.45, 7) is 16.9. The first-order valence-corrected chi connectivity index (χ1v) is 7.84. The van der Waals surface area contributed by atoms with Crippen LogP contribution in [-0.2, 0) is 5.41 Å². The summed E-state index contributed by atoms with van der Waals surface area (Å²) in [7, 11) is 0. The van der Waals surface area contributed by atoms with Crippen LogP contribution in [-0.4, -0.2) is 10.5 Å². The van der Waals surface area contributed by atoms with Crippen LogP contribution in [0.1, 0.15) is 70.0 Å². The molecule has 0 spiro atoms. The highest BCUT2D eigenvalue weighted by atomic mass is 32.2. The van der Waals surface area contributed by atoms with Crippen molar-refractivity contribution in [2.45, 2.75) is 70.4 Å². The highest BCUT2D eigenvalue weighted by Crippen LogP contribution is 2.57. The number of benzene rings is 1. The second-order valence-electron chi connectivity index (χ2n) is 5.90. The Labute approximate surface area is 122 Å². The standard InChI is InChI=1S/C15H20OS.C2H6/c1-9-11(10(2)16)7-8-12-13(9)14(3,4)15(5,6)17-12;1-2/h7-8H,1-6H3;1-2H3. The predicted molar refractivity (Wildman–Crippen MR) is 85.5 cm³/mol. The molecule has 1 aliphatic rings. The number of hydrogen-bond donors (Lipinski definition) is 0. The van der Waals surface area contributed by atoms with E-state index in [-0.39, 0.29) is 15.9 Å². The zero-order valence-electron chi connectivity index (χ0n) is 13.5. The lowest BCUT2D eigenvalue weighted by Gasteiger charge is -2.35. The molecule has 0 fully saturated rings. The molecule has 0 unspecified atom stereocenters. The van der Waals surface area contributed by atoms with Crippen LogP contribution >= 0.6 is 11.8 Å². The summed E-state index contributed by atoms with van der Waals surface area (Å²) >= 11 is 1.92. The third kappa shape index (κ3) is 2.47. The Balaban J connectivity index is 0.000000861. The van der Waals surface area contributed by atoms with Crippen molar-refractivity contribution in [2.75, 3.05) is 0 Å². The smallest absolute Gasteiger partial charge is 0.160 e. The van der Waals surface area contributed by atoms with Crippen LogP contribution < -0.4 is 0 Å². The van der Waals surface area contributed by atoms with E-state index in [2.05, 4.69) is 40.7 Å². The molecule has 2 rings (SSSR count). The van der Waals surface area contributed by atoms with Crippen LogP contribution in [0.2, 0.25) is 0 Å². The van der Waals surface area contributed by atoms with Gasteiger partial charge in [0.25, 0.3) is 0 Å². The molecule has 0 radical (unpaired) electrons. The van der Waals surface area contributed by atoms with E-state index in [1.54, 1.807) is 6.92 Å². The molecule has 1 aromatic rings. The maximum absolute atomic E-state index is 11.6. The summed E-state index contributed by atoms with van der Waals surface area (Å²) in [5.41, 5.74) is 3.50. The molecule has 1 aromatic carbocycles. The van der Waals surface area contributed by atoms with E-state index in [9.17, 15) is 4.79 Å². The van der Waals surface area contributed by atoms with Crippen molar-refractivity contribution in [1.29, 1.82) is 0 Å². The summed E-state index contributed by atoms with van der Waals surface area (Å²) in [6, 6.07) is 4.08. The zero-order chi connectivity index (χ0) is 15.0. The second-order valence-corrected chi connectivity index (χ2v) is 7.57. The number of carbonyl (C=O) groups is 1. The Bertz CT molecular complexity index is 498. The fourth-order valence-electron chi connectivity index (χ4n) is 2.63. The topological polar surface area (TPSA) is 17.1 Å². The van der Waals surface area contributed by atoms with Gasteiger partial charge in [-0.3, -0.25) is 4.79 Å². The first-order valence-electron chi connectivity index (χ1n) is 7.02. The molecule has 19 heavy (non-hydrogen) atoms. The van der Waals surface area contributed by atoms with E-state index >= 15 is 0 Å². The van der Waals surface area contributed by atoms with Gasteiger partial charge < -0.3 is 0 Å². The largest absolute Gasteiger partial charge is 0.295 e. The summed E-state index contributed by atoms with van der Waals surface area (Å²) < 4.78 is 0.176. The molecule has 0 amide bonds. The first kappa shape index (κ1) is 16.3. The van der Waals surface area contributed by atoms with E-state index in [1.807, 2.05) is 31.7 Å². The normalized spacial score (nSPS) is 18.3. The summed E-state index contributed by atoms with van der Waals surface area (Å²) in [5, 5.41) is 0. The summed E-state index contributed by atoms with van der Waals surface area (Å²) in [5.74, 6) is 0.163. The fourth-order valence-corrected chi connectivity index (χ4v) is 4.19. The number of rotatable bonds is 1. The monoisotopic (exact) mass is 278 g/mol. The molecule has 0 atom stereocenters. The van der Waals surface area contributed by atoms with E-state index in [0.717, 1.165) is 11.1 Å². The molecule has 1 aliphatic heterocycles. The Hall–Kier alpha value is -0.760. The van der Waals surface area contributed by atoms with Crippen molar-refractivity contribution in [1.82, 2.24) is 0 Å². The minimum absolute atomic E-state index is 0.0997. The molecular weight excluding hydrogens is 252 g/mol. The number of fused-ring (bicyclic) bond motifs is 1. The molecule has 0 aromatic heterocycles. The fraction of sp³-hybridized carbons (Fsp3) is 0.588. The van der Waals surface area contributed by atoms with E-state index in [4.69, 9.17) is 0 Å². The van der Waals surface area contributed by atoms with Gasteiger partial charge in [-0.15, -0.1) is 11.8 Å². The minimum Gasteiger partial charge on any atom is -0.295 e. The lowest BCUT2D eigenvalue weighted by molar-refractivity contribution is 0.101. The number of ketones is 1. The molecule has 0 saturated carbocycles. The molecule has 2 heteroatoms. The Morgan fingerprint density at radius 1 is 1.11 bits per heavy atom. The van der Waals surface area contributed by atoms with E-state index in [1.165, 1.54) is 10.5 Å². The molecule has 106 valence electrons. The van der Waals surface area contributed by atoms with Crippen LogP contribution in [0.4, 0.5) is 0 Å². The third-order valence-corrected chi connectivity index (χ3v) is 5.88. The average molecular weight is 278 g/mol. The predicted octanol–water partition coefficient (Wildman–Crippen LogP) is 5.39. The lowest BCUT2D eigenvalue weighted by Crippen LogP contribution is -2.36. The zero-order valence-corrected chi connectivity index (χ0v) is 14.3. The number of Topliss-reactive ketones (excluding diaryl/α,β-unsaturated/α-hetero) is 1. The van der Waals surface area contributed by atoms with Gasteiger partial charge in [0.05, 0.1) is 0 Å². The maximum atomic E-state index is 11.6. The van der Waals surface area contributed by atoms with Crippen molar-refractivity contribution < 1.29 is 4.79 Å². The van der Waals surface area contributed by atoms with Crippen LogP contribution in [0.3, 0.4) is 0 Å². The highest BCUT2D eigenvalue weighted by Gasteiger charge is 2.47. The van der Waals surface area contributed by atoms with Crippen LogP contribution in [0, 0.1) is 6.92 Å². The number of carbonyl (C=O) groups excluding carboxylic acids is 1. The van der Waals surface area contributed by atoms with Gasteiger partial charge in [-0.1, -0.05) is 33.8 Å². The quantitative estimate of drug-likeness (QED) is 0.641. The van der Waals surface area contributed by atoms with Crippen molar-refractivity contribution >= 4 is 17.5 Å². The Morgan fingerprint density at radius 2 is 1.63 bits per heavy atom. The third-order valence-electron chi connectivity index (χ3n) is 4.30. The SMILES string of the molecule is CC.CC(=O)c1ccc2c(c1C)C(C)(C)C(C)(C)S2. The van der Waals surface area contributed by atoms with Gasteiger partial charge in [-0.2, -0.15) is 0 Å². The van der Waals surface area contributed by atoms with Crippen molar-refractivity contribution in [3.63, 3.8) is 0 Å². The summed E-state index contributed by atoms with van der Waals surface area (Å²) in [6.07, 6.45) is 0. The van der Waals surface area contributed by atoms with Crippen molar-refractivity contribution in [3.8, 4) is 0 Å². The van der Waals surface area contributed by atoms with Crippen molar-refractivity contribution in [2.24, 2.45) is 0 Å². The van der Waals surface area contributed by atoms with Crippen LogP contribution in [0.15, 0.2) is 17.0 Å². The van der Waals surface area contributed by atoms with E-state index < -0.39 is 0 Å².